The zero-order chi connectivity index (χ0) is 26.9. The van der Waals surface area contributed by atoms with Gasteiger partial charge >= 0.3 is 6.03 Å². The summed E-state index contributed by atoms with van der Waals surface area (Å²) < 4.78 is 11.2. The molecule has 8 nitrogen and oxygen atoms in total. The smallest absolute Gasteiger partial charge is 0.335 e. The molecule has 1 atom stereocenters. The maximum absolute atomic E-state index is 13.4. The highest BCUT2D eigenvalue weighted by atomic mass is 16.5. The first-order valence-electron chi connectivity index (χ1n) is 12.7. The van der Waals surface area contributed by atoms with Crippen molar-refractivity contribution >= 4 is 35.3 Å². The standard InChI is InChI=1S/C29H35N3O5/c1-7-13-31-24-16-25(36-6)19(14-22(24)18(3)17-29(31,4)5)15-23-26(33)30-28(35)32(27(23)34)20-9-11-21(12-10-20)37-8-2/h9-12,14-16,18H,7-8,13,17H2,1-6H3,(H,30,33,35)/b23-15-. The first-order chi connectivity index (χ1) is 17.6. The molecule has 0 radical (unpaired) electrons. The van der Waals surface area contributed by atoms with E-state index in [0.717, 1.165) is 35.5 Å². The highest BCUT2D eigenvalue weighted by molar-refractivity contribution is 6.39. The van der Waals surface area contributed by atoms with Gasteiger partial charge in [-0.15, -0.1) is 0 Å². The number of hydrogen-bond acceptors (Lipinski definition) is 6. The molecule has 37 heavy (non-hydrogen) atoms. The number of ether oxygens (including phenoxy) is 2. The Morgan fingerprint density at radius 3 is 2.43 bits per heavy atom. The number of imide groups is 2. The third-order valence-corrected chi connectivity index (χ3v) is 6.99. The first-order valence-corrected chi connectivity index (χ1v) is 12.7. The van der Waals surface area contributed by atoms with E-state index in [-0.39, 0.29) is 17.0 Å². The predicted octanol–water partition coefficient (Wildman–Crippen LogP) is 5.26. The minimum Gasteiger partial charge on any atom is -0.496 e. The van der Waals surface area contributed by atoms with Gasteiger partial charge in [-0.2, -0.15) is 0 Å². The molecule has 2 heterocycles. The lowest BCUT2D eigenvalue weighted by atomic mass is 9.79. The van der Waals surface area contributed by atoms with Crippen LogP contribution in [-0.2, 0) is 9.59 Å². The van der Waals surface area contributed by atoms with Crippen molar-refractivity contribution in [3.63, 3.8) is 0 Å². The fraction of sp³-hybridized carbons (Fsp3) is 0.414. The lowest BCUT2D eigenvalue weighted by Crippen LogP contribution is -2.54. The zero-order valence-corrected chi connectivity index (χ0v) is 22.4. The van der Waals surface area contributed by atoms with E-state index in [1.165, 1.54) is 6.08 Å². The molecule has 2 aliphatic rings. The number of carbonyl (C=O) groups excluding carboxylic acids is 3. The normalized spacial score (nSPS) is 20.1. The highest BCUT2D eigenvalue weighted by Gasteiger charge is 2.39. The van der Waals surface area contributed by atoms with Crippen molar-refractivity contribution in [2.75, 3.05) is 30.1 Å². The van der Waals surface area contributed by atoms with Crippen molar-refractivity contribution in [3.05, 3.63) is 53.1 Å². The third kappa shape index (κ3) is 4.92. The highest BCUT2D eigenvalue weighted by Crippen LogP contribution is 2.46. The van der Waals surface area contributed by atoms with Crippen LogP contribution in [0.25, 0.3) is 6.08 Å². The molecule has 1 N–H and O–H groups in total. The molecule has 0 bridgehead atoms. The number of benzene rings is 2. The maximum atomic E-state index is 13.4. The van der Waals surface area contributed by atoms with Crippen LogP contribution in [0.1, 0.15) is 64.5 Å². The molecule has 0 aliphatic carbocycles. The number of barbiturate groups is 1. The number of nitrogens with zero attached hydrogens (tertiary/aromatic N) is 2. The number of fused-ring (bicyclic) bond motifs is 1. The van der Waals surface area contributed by atoms with Crippen molar-refractivity contribution < 1.29 is 23.9 Å². The fourth-order valence-electron chi connectivity index (χ4n) is 5.37. The fourth-order valence-corrected chi connectivity index (χ4v) is 5.37. The van der Waals surface area contributed by atoms with Gasteiger partial charge in [-0.05, 0) is 81.5 Å². The summed E-state index contributed by atoms with van der Waals surface area (Å²) in [5, 5.41) is 2.29. The first kappa shape index (κ1) is 26.3. The maximum Gasteiger partial charge on any atom is 0.335 e. The van der Waals surface area contributed by atoms with Crippen LogP contribution in [-0.4, -0.2) is 43.6 Å². The van der Waals surface area contributed by atoms with Gasteiger partial charge in [0.05, 0.1) is 19.4 Å². The topological polar surface area (TPSA) is 88.2 Å². The number of hydrogen-bond donors (Lipinski definition) is 1. The molecule has 0 saturated carbocycles. The van der Waals surface area contributed by atoms with E-state index in [4.69, 9.17) is 9.47 Å². The minimum atomic E-state index is -0.792. The second-order valence-corrected chi connectivity index (χ2v) is 10.1. The van der Waals surface area contributed by atoms with E-state index < -0.39 is 17.8 Å². The lowest BCUT2D eigenvalue weighted by molar-refractivity contribution is -0.122. The van der Waals surface area contributed by atoms with Gasteiger partial charge in [-0.25, -0.2) is 9.69 Å². The Hall–Kier alpha value is -3.81. The summed E-state index contributed by atoms with van der Waals surface area (Å²) >= 11 is 0. The molecule has 8 heteroatoms. The van der Waals surface area contributed by atoms with Crippen molar-refractivity contribution in [1.29, 1.82) is 0 Å². The molecule has 0 spiro atoms. The molecule has 2 aromatic rings. The van der Waals surface area contributed by atoms with Crippen LogP contribution in [0.3, 0.4) is 0 Å². The second-order valence-electron chi connectivity index (χ2n) is 10.1. The molecular formula is C29H35N3O5. The van der Waals surface area contributed by atoms with Gasteiger partial charge in [0, 0.05) is 29.4 Å². The molecule has 4 rings (SSSR count). The molecule has 2 aliphatic heterocycles. The van der Waals surface area contributed by atoms with E-state index in [2.05, 4.69) is 37.9 Å². The van der Waals surface area contributed by atoms with Crippen molar-refractivity contribution in [2.45, 2.75) is 58.9 Å². The summed E-state index contributed by atoms with van der Waals surface area (Å²) in [5.74, 6) is 0.0238. The molecule has 1 unspecified atom stereocenters. The molecule has 196 valence electrons. The largest absolute Gasteiger partial charge is 0.496 e. The number of amides is 4. The van der Waals surface area contributed by atoms with Gasteiger partial charge in [0.15, 0.2) is 0 Å². The summed E-state index contributed by atoms with van der Waals surface area (Å²) in [6, 6.07) is 9.78. The summed E-state index contributed by atoms with van der Waals surface area (Å²) in [6.45, 7) is 12.1. The molecule has 2 aromatic carbocycles. The van der Waals surface area contributed by atoms with Crippen molar-refractivity contribution in [1.82, 2.24) is 5.32 Å². The molecule has 1 saturated heterocycles. The Balaban J connectivity index is 1.76. The summed E-state index contributed by atoms with van der Waals surface area (Å²) in [7, 11) is 1.57. The molecule has 0 aromatic heterocycles. The van der Waals surface area contributed by atoms with Crippen LogP contribution < -0.4 is 24.6 Å². The number of methoxy groups -OCH3 is 1. The van der Waals surface area contributed by atoms with Gasteiger partial charge in [0.1, 0.15) is 17.1 Å². The Kier molecular flexibility index (Phi) is 7.30. The van der Waals surface area contributed by atoms with Crippen LogP contribution in [0.5, 0.6) is 11.5 Å². The average Bonchev–Trinajstić information content (AvgIpc) is 2.85. The number of rotatable bonds is 7. The quantitative estimate of drug-likeness (QED) is 0.408. The molecule has 4 amide bonds. The van der Waals surface area contributed by atoms with Crippen molar-refractivity contribution in [2.24, 2.45) is 0 Å². The van der Waals surface area contributed by atoms with Crippen molar-refractivity contribution in [3.8, 4) is 11.5 Å². The Bertz CT molecular complexity index is 1250. The Morgan fingerprint density at radius 2 is 1.81 bits per heavy atom. The second kappa shape index (κ2) is 10.3. The monoisotopic (exact) mass is 505 g/mol. The lowest BCUT2D eigenvalue weighted by Gasteiger charge is -2.48. The number of anilines is 2. The predicted molar refractivity (Wildman–Crippen MR) is 144 cm³/mol. The van der Waals surface area contributed by atoms with Crippen LogP contribution in [0.2, 0.25) is 0 Å². The molecule has 1 fully saturated rings. The summed E-state index contributed by atoms with van der Waals surface area (Å²) in [6.07, 6.45) is 3.50. The van der Waals surface area contributed by atoms with E-state index >= 15 is 0 Å². The summed E-state index contributed by atoms with van der Waals surface area (Å²) in [5.41, 5.74) is 3.06. The number of urea groups is 1. The van der Waals surface area contributed by atoms with E-state index in [0.29, 0.717) is 29.4 Å². The Morgan fingerprint density at radius 1 is 1.11 bits per heavy atom. The minimum absolute atomic E-state index is 0.00871. The third-order valence-electron chi connectivity index (χ3n) is 6.99. The SMILES string of the molecule is CCCN1c2cc(OC)c(/C=C3/C(=O)NC(=O)N(c4ccc(OCC)cc4)C3=O)cc2C(C)CC1(C)C. The van der Waals surface area contributed by atoms with Crippen LogP contribution in [0.4, 0.5) is 16.2 Å². The van der Waals surface area contributed by atoms with Gasteiger partial charge < -0.3 is 14.4 Å². The van der Waals surface area contributed by atoms with Crippen LogP contribution >= 0.6 is 0 Å². The van der Waals surface area contributed by atoms with Gasteiger partial charge in [-0.1, -0.05) is 13.8 Å². The number of carbonyl (C=O) groups is 3. The van der Waals surface area contributed by atoms with E-state index in [1.54, 1.807) is 31.4 Å². The van der Waals surface area contributed by atoms with Gasteiger partial charge in [0.25, 0.3) is 11.8 Å². The average molecular weight is 506 g/mol. The van der Waals surface area contributed by atoms with Crippen LogP contribution in [0, 0.1) is 0 Å². The number of nitrogens with one attached hydrogen (secondary N) is 1. The summed E-state index contributed by atoms with van der Waals surface area (Å²) in [4.78, 5) is 42.2. The zero-order valence-electron chi connectivity index (χ0n) is 22.4. The van der Waals surface area contributed by atoms with E-state index in [1.807, 2.05) is 19.1 Å². The van der Waals surface area contributed by atoms with Gasteiger partial charge in [0.2, 0.25) is 0 Å². The van der Waals surface area contributed by atoms with E-state index in [9.17, 15) is 14.4 Å². The van der Waals surface area contributed by atoms with Gasteiger partial charge in [-0.3, -0.25) is 14.9 Å². The molecular weight excluding hydrogens is 470 g/mol. The van der Waals surface area contributed by atoms with Crippen LogP contribution in [0.15, 0.2) is 42.0 Å². The Labute approximate surface area is 218 Å².